The van der Waals surface area contributed by atoms with Gasteiger partial charge in [-0.05, 0) is 25.0 Å². The molecule has 1 aromatic rings. The number of hydrogen-bond acceptors (Lipinski definition) is 3. The fraction of sp³-hybridized carbons (Fsp3) is 0.385. The van der Waals surface area contributed by atoms with E-state index in [0.29, 0.717) is 19.4 Å². The van der Waals surface area contributed by atoms with Crippen LogP contribution < -0.4 is 4.90 Å². The summed E-state index contributed by atoms with van der Waals surface area (Å²) in [6.07, 6.45) is 1.21. The number of methoxy groups -OCH3 is 1. The minimum atomic E-state index is -0.987. The third kappa shape index (κ3) is 2.35. The molecule has 2 rings (SSSR count). The Labute approximate surface area is 109 Å². The Morgan fingerprint density at radius 1 is 1.16 bits per heavy atom. The maximum Gasteiger partial charge on any atom is 0.299 e. The van der Waals surface area contributed by atoms with Crippen molar-refractivity contribution in [1.29, 1.82) is 0 Å². The molecule has 0 aromatic heterocycles. The maximum absolute atomic E-state index is 13.7. The lowest BCUT2D eigenvalue weighted by Gasteiger charge is -2.16. The van der Waals surface area contributed by atoms with E-state index in [4.69, 9.17) is 4.74 Å². The smallest absolute Gasteiger partial charge is 0.299 e. The van der Waals surface area contributed by atoms with Gasteiger partial charge in [0.15, 0.2) is 0 Å². The van der Waals surface area contributed by atoms with Crippen LogP contribution in [0, 0.1) is 11.6 Å². The standard InChI is InChI=1S/C13H13F2NO3/c1-19-7-3-2-6-16-11-9(15)5-4-8(14)10(11)12(17)13(16)18/h4-5H,2-3,6-7H2,1H3. The molecule has 19 heavy (non-hydrogen) atoms. The molecule has 1 heterocycles. The number of nitrogens with zero attached hydrogens (tertiary/aromatic N) is 1. The second-order valence-electron chi connectivity index (χ2n) is 4.24. The Balaban J connectivity index is 2.26. The number of rotatable bonds is 5. The maximum atomic E-state index is 13.7. The van der Waals surface area contributed by atoms with E-state index in [9.17, 15) is 18.4 Å². The summed E-state index contributed by atoms with van der Waals surface area (Å²) < 4.78 is 32.1. The number of unbranched alkanes of at least 4 members (excludes halogenated alkanes) is 1. The van der Waals surface area contributed by atoms with Gasteiger partial charge in [-0.25, -0.2) is 8.78 Å². The molecule has 0 bridgehead atoms. The Morgan fingerprint density at radius 3 is 2.53 bits per heavy atom. The molecule has 0 radical (unpaired) electrons. The van der Waals surface area contributed by atoms with Gasteiger partial charge < -0.3 is 9.64 Å². The first-order valence-electron chi connectivity index (χ1n) is 5.91. The lowest BCUT2D eigenvalue weighted by Crippen LogP contribution is -2.31. The van der Waals surface area contributed by atoms with Crippen molar-refractivity contribution in [3.05, 3.63) is 29.3 Å². The summed E-state index contributed by atoms with van der Waals surface area (Å²) in [6.45, 7) is 0.676. The average Bonchev–Trinajstić information content (AvgIpc) is 2.65. The van der Waals surface area contributed by atoms with Crippen LogP contribution in [0.3, 0.4) is 0 Å². The van der Waals surface area contributed by atoms with Crippen LogP contribution in [0.1, 0.15) is 23.2 Å². The number of anilines is 1. The Hall–Kier alpha value is -1.82. The highest BCUT2D eigenvalue weighted by molar-refractivity contribution is 6.52. The van der Waals surface area contributed by atoms with Gasteiger partial charge in [-0.2, -0.15) is 0 Å². The molecule has 0 N–H and O–H groups in total. The van der Waals surface area contributed by atoms with Crippen LogP contribution in [0.4, 0.5) is 14.5 Å². The lowest BCUT2D eigenvalue weighted by molar-refractivity contribution is -0.114. The second-order valence-corrected chi connectivity index (χ2v) is 4.24. The Bertz CT molecular complexity index is 531. The van der Waals surface area contributed by atoms with Crippen molar-refractivity contribution in [2.75, 3.05) is 25.2 Å². The van der Waals surface area contributed by atoms with E-state index >= 15 is 0 Å². The van der Waals surface area contributed by atoms with Crippen molar-refractivity contribution in [3.63, 3.8) is 0 Å². The molecule has 102 valence electrons. The third-order valence-corrected chi connectivity index (χ3v) is 2.99. The van der Waals surface area contributed by atoms with Crippen molar-refractivity contribution in [3.8, 4) is 0 Å². The van der Waals surface area contributed by atoms with Crippen LogP contribution in [0.25, 0.3) is 0 Å². The quantitative estimate of drug-likeness (QED) is 0.606. The van der Waals surface area contributed by atoms with Gasteiger partial charge in [-0.15, -0.1) is 0 Å². The molecular formula is C13H13F2NO3. The van der Waals surface area contributed by atoms with Crippen LogP contribution in [0.2, 0.25) is 0 Å². The molecular weight excluding hydrogens is 256 g/mol. The molecule has 4 nitrogen and oxygen atoms in total. The van der Waals surface area contributed by atoms with Gasteiger partial charge in [0.25, 0.3) is 11.7 Å². The summed E-state index contributed by atoms with van der Waals surface area (Å²) in [5.41, 5.74) is -0.704. The number of amides is 1. The largest absolute Gasteiger partial charge is 0.385 e. The summed E-state index contributed by atoms with van der Waals surface area (Å²) in [6, 6.07) is 1.77. The van der Waals surface area contributed by atoms with E-state index in [-0.39, 0.29) is 12.2 Å². The summed E-state index contributed by atoms with van der Waals surface area (Å²) in [5, 5.41) is 0. The van der Waals surface area contributed by atoms with Gasteiger partial charge in [0.1, 0.15) is 11.6 Å². The molecule has 1 aromatic carbocycles. The predicted molar refractivity (Wildman–Crippen MR) is 64.2 cm³/mol. The molecule has 1 amide bonds. The summed E-state index contributed by atoms with van der Waals surface area (Å²) in [5.74, 6) is -3.49. The van der Waals surface area contributed by atoms with Gasteiger partial charge in [-0.1, -0.05) is 0 Å². The number of ether oxygens (including phenoxy) is 1. The zero-order valence-electron chi connectivity index (χ0n) is 10.4. The molecule has 0 aliphatic carbocycles. The van der Waals surface area contributed by atoms with Crippen LogP contribution in [0.5, 0.6) is 0 Å². The normalized spacial score (nSPS) is 14.2. The molecule has 0 saturated heterocycles. The molecule has 0 spiro atoms. The number of ketones is 1. The van der Waals surface area contributed by atoms with Gasteiger partial charge in [0, 0.05) is 20.3 Å². The van der Waals surface area contributed by atoms with E-state index in [2.05, 4.69) is 0 Å². The molecule has 0 fully saturated rings. The highest BCUT2D eigenvalue weighted by Gasteiger charge is 2.40. The van der Waals surface area contributed by atoms with Crippen molar-refractivity contribution >= 4 is 17.4 Å². The van der Waals surface area contributed by atoms with Gasteiger partial charge >= 0.3 is 0 Å². The minimum absolute atomic E-state index is 0.168. The highest BCUT2D eigenvalue weighted by atomic mass is 19.1. The Kier molecular flexibility index (Phi) is 3.90. The number of Topliss-reactive ketones (excluding diaryl/α,β-unsaturated/α-hetero) is 1. The summed E-state index contributed by atoms with van der Waals surface area (Å²) in [4.78, 5) is 24.4. The fourth-order valence-corrected chi connectivity index (χ4v) is 2.08. The zero-order chi connectivity index (χ0) is 14.0. The van der Waals surface area contributed by atoms with Crippen molar-refractivity contribution in [2.24, 2.45) is 0 Å². The van der Waals surface area contributed by atoms with E-state index in [0.717, 1.165) is 17.0 Å². The number of benzene rings is 1. The minimum Gasteiger partial charge on any atom is -0.385 e. The van der Waals surface area contributed by atoms with E-state index in [1.54, 1.807) is 7.11 Å². The highest BCUT2D eigenvalue weighted by Crippen LogP contribution is 2.33. The van der Waals surface area contributed by atoms with Gasteiger partial charge in [0.2, 0.25) is 0 Å². The van der Waals surface area contributed by atoms with Crippen molar-refractivity contribution in [2.45, 2.75) is 12.8 Å². The van der Waals surface area contributed by atoms with E-state index in [1.807, 2.05) is 0 Å². The lowest BCUT2D eigenvalue weighted by atomic mass is 10.1. The number of carbonyl (C=O) groups is 2. The van der Waals surface area contributed by atoms with Crippen molar-refractivity contribution in [1.82, 2.24) is 0 Å². The number of halogens is 2. The molecule has 1 aliphatic heterocycles. The first kappa shape index (κ1) is 13.6. The summed E-state index contributed by atoms with van der Waals surface area (Å²) in [7, 11) is 1.55. The zero-order valence-corrected chi connectivity index (χ0v) is 10.4. The average molecular weight is 269 g/mol. The number of carbonyl (C=O) groups excluding carboxylic acids is 2. The van der Waals surface area contributed by atoms with Crippen LogP contribution in [-0.2, 0) is 9.53 Å². The molecule has 1 aliphatic rings. The predicted octanol–water partition coefficient (Wildman–Crippen LogP) is 1.92. The molecule has 0 atom stereocenters. The monoisotopic (exact) mass is 269 g/mol. The first-order chi connectivity index (χ1) is 9.07. The number of fused-ring (bicyclic) bond motifs is 1. The topological polar surface area (TPSA) is 46.6 Å². The van der Waals surface area contributed by atoms with Crippen LogP contribution in [-0.4, -0.2) is 32.0 Å². The molecule has 0 unspecified atom stereocenters. The van der Waals surface area contributed by atoms with E-state index in [1.165, 1.54) is 0 Å². The number of hydrogen-bond donors (Lipinski definition) is 0. The first-order valence-corrected chi connectivity index (χ1v) is 5.91. The SMILES string of the molecule is COCCCCN1C(=O)C(=O)c2c(F)ccc(F)c21. The second kappa shape index (κ2) is 5.44. The van der Waals surface area contributed by atoms with Crippen LogP contribution in [0.15, 0.2) is 12.1 Å². The summed E-state index contributed by atoms with van der Waals surface area (Å²) >= 11 is 0. The van der Waals surface area contributed by atoms with Gasteiger partial charge in [-0.3, -0.25) is 9.59 Å². The fourth-order valence-electron chi connectivity index (χ4n) is 2.08. The van der Waals surface area contributed by atoms with Crippen LogP contribution >= 0.6 is 0 Å². The third-order valence-electron chi connectivity index (χ3n) is 2.99. The van der Waals surface area contributed by atoms with Gasteiger partial charge in [0.05, 0.1) is 11.3 Å². The Morgan fingerprint density at radius 2 is 1.84 bits per heavy atom. The molecule has 6 heteroatoms. The van der Waals surface area contributed by atoms with E-state index < -0.39 is 28.9 Å². The van der Waals surface area contributed by atoms with Crippen molar-refractivity contribution < 1.29 is 23.1 Å². The molecule has 0 saturated carbocycles.